The second kappa shape index (κ2) is 12.8. The van der Waals surface area contributed by atoms with Gasteiger partial charge in [0.25, 0.3) is 0 Å². The molecule has 172 valence electrons. The van der Waals surface area contributed by atoms with E-state index in [-0.39, 0.29) is 11.8 Å². The van der Waals surface area contributed by atoms with E-state index in [1.54, 1.807) is 13.8 Å². The van der Waals surface area contributed by atoms with Gasteiger partial charge in [0.1, 0.15) is 18.1 Å². The lowest BCUT2D eigenvalue weighted by molar-refractivity contribution is -0.143. The first-order chi connectivity index (χ1) is 13.8. The SMILES string of the molecule is CCC(C)C(NC(=O)C(C)NC(=O)C(CC(N)=O)NC(=O)C(N)CC(C)C)C(=O)O. The number of aliphatic carboxylic acids is 1. The lowest BCUT2D eigenvalue weighted by Gasteiger charge is -2.24. The van der Waals surface area contributed by atoms with Crippen molar-refractivity contribution < 1.29 is 29.1 Å². The van der Waals surface area contributed by atoms with E-state index in [2.05, 4.69) is 16.0 Å². The molecule has 0 saturated carbocycles. The number of primary amides is 1. The minimum atomic E-state index is -1.31. The molecule has 0 spiro atoms. The summed E-state index contributed by atoms with van der Waals surface area (Å²) < 4.78 is 0. The van der Waals surface area contributed by atoms with Crippen LogP contribution in [0.3, 0.4) is 0 Å². The molecule has 30 heavy (non-hydrogen) atoms. The van der Waals surface area contributed by atoms with Crippen LogP contribution in [0.4, 0.5) is 0 Å². The standard InChI is InChI=1S/C19H35N5O6/c1-6-10(4)15(19(29)30)24-16(26)11(5)22-18(28)13(8-14(21)25)23-17(27)12(20)7-9(2)3/h9-13,15H,6-8,20H2,1-5H3,(H2,21,25)(H,22,28)(H,23,27)(H,24,26)(H,29,30). The lowest BCUT2D eigenvalue weighted by atomic mass is 9.99. The third-order valence-electron chi connectivity index (χ3n) is 4.63. The normalized spacial score (nSPS) is 16.0. The summed E-state index contributed by atoms with van der Waals surface area (Å²) in [4.78, 5) is 59.7. The molecule has 0 aliphatic rings. The Labute approximate surface area is 176 Å². The molecule has 11 heteroatoms. The van der Waals surface area contributed by atoms with Crippen molar-refractivity contribution in [1.82, 2.24) is 16.0 Å². The maximum Gasteiger partial charge on any atom is 0.326 e. The van der Waals surface area contributed by atoms with Crippen molar-refractivity contribution in [3.05, 3.63) is 0 Å². The maximum atomic E-state index is 12.5. The van der Waals surface area contributed by atoms with Crippen LogP contribution in [0.15, 0.2) is 0 Å². The molecule has 5 unspecified atom stereocenters. The third-order valence-corrected chi connectivity index (χ3v) is 4.63. The summed E-state index contributed by atoms with van der Waals surface area (Å²) in [5.41, 5.74) is 10.9. The van der Waals surface area contributed by atoms with Gasteiger partial charge in [-0.25, -0.2) is 4.79 Å². The van der Waals surface area contributed by atoms with Gasteiger partial charge in [0, 0.05) is 0 Å². The fourth-order valence-corrected chi connectivity index (χ4v) is 2.65. The van der Waals surface area contributed by atoms with Gasteiger partial charge in [-0.15, -0.1) is 0 Å². The Kier molecular flexibility index (Phi) is 11.6. The molecule has 0 rings (SSSR count). The van der Waals surface area contributed by atoms with Crippen LogP contribution in [0.1, 0.15) is 53.9 Å². The minimum absolute atomic E-state index is 0.144. The van der Waals surface area contributed by atoms with E-state index < -0.39 is 60.2 Å². The van der Waals surface area contributed by atoms with E-state index in [1.165, 1.54) is 6.92 Å². The fraction of sp³-hybridized carbons (Fsp3) is 0.737. The van der Waals surface area contributed by atoms with Crippen LogP contribution in [-0.4, -0.2) is 58.9 Å². The highest BCUT2D eigenvalue weighted by Gasteiger charge is 2.30. The van der Waals surface area contributed by atoms with Gasteiger partial charge in [-0.2, -0.15) is 0 Å². The van der Waals surface area contributed by atoms with Gasteiger partial charge >= 0.3 is 5.97 Å². The van der Waals surface area contributed by atoms with Crippen LogP contribution in [0.5, 0.6) is 0 Å². The molecule has 0 saturated heterocycles. The zero-order valence-electron chi connectivity index (χ0n) is 18.2. The van der Waals surface area contributed by atoms with Crippen molar-refractivity contribution in [3.8, 4) is 0 Å². The number of carbonyl (C=O) groups excluding carboxylic acids is 4. The van der Waals surface area contributed by atoms with Crippen molar-refractivity contribution in [2.75, 3.05) is 0 Å². The highest BCUT2D eigenvalue weighted by Crippen LogP contribution is 2.08. The molecule has 8 N–H and O–H groups in total. The van der Waals surface area contributed by atoms with Crippen molar-refractivity contribution in [2.24, 2.45) is 23.3 Å². The van der Waals surface area contributed by atoms with Crippen molar-refractivity contribution >= 4 is 29.6 Å². The van der Waals surface area contributed by atoms with Gasteiger partial charge in [0.05, 0.1) is 12.5 Å². The van der Waals surface area contributed by atoms with Gasteiger partial charge in [-0.1, -0.05) is 34.1 Å². The molecule has 0 aromatic carbocycles. The molecule has 4 amide bonds. The van der Waals surface area contributed by atoms with E-state index in [0.29, 0.717) is 12.8 Å². The van der Waals surface area contributed by atoms with Crippen LogP contribution in [0, 0.1) is 11.8 Å². The number of nitrogens with two attached hydrogens (primary N) is 2. The minimum Gasteiger partial charge on any atom is -0.480 e. The summed E-state index contributed by atoms with van der Waals surface area (Å²) in [5, 5.41) is 16.4. The molecule has 5 atom stereocenters. The highest BCUT2D eigenvalue weighted by molar-refractivity contribution is 5.96. The van der Waals surface area contributed by atoms with Gasteiger partial charge in [-0.3, -0.25) is 19.2 Å². The molecule has 11 nitrogen and oxygen atoms in total. The van der Waals surface area contributed by atoms with Crippen LogP contribution in [0.25, 0.3) is 0 Å². The molecule has 0 aromatic heterocycles. The van der Waals surface area contributed by atoms with Gasteiger partial charge < -0.3 is 32.5 Å². The van der Waals surface area contributed by atoms with Crippen LogP contribution >= 0.6 is 0 Å². The first-order valence-electron chi connectivity index (χ1n) is 9.97. The Morgan fingerprint density at radius 3 is 1.90 bits per heavy atom. The number of carboxylic acid groups (broad SMARTS) is 1. The topological polar surface area (TPSA) is 194 Å². The molecule has 0 radical (unpaired) electrons. The summed E-state index contributed by atoms with van der Waals surface area (Å²) in [6.45, 7) is 8.59. The second-order valence-electron chi connectivity index (χ2n) is 7.91. The van der Waals surface area contributed by atoms with Crippen molar-refractivity contribution in [2.45, 2.75) is 78.0 Å². The Morgan fingerprint density at radius 1 is 0.900 bits per heavy atom. The van der Waals surface area contributed by atoms with Crippen LogP contribution < -0.4 is 27.4 Å². The van der Waals surface area contributed by atoms with Crippen LogP contribution in [0.2, 0.25) is 0 Å². The van der Waals surface area contributed by atoms with E-state index >= 15 is 0 Å². The number of amides is 4. The van der Waals surface area contributed by atoms with Crippen molar-refractivity contribution in [3.63, 3.8) is 0 Å². The Bertz CT molecular complexity index is 639. The van der Waals surface area contributed by atoms with E-state index in [4.69, 9.17) is 11.5 Å². The number of hydrogen-bond donors (Lipinski definition) is 6. The monoisotopic (exact) mass is 429 g/mol. The molecule has 0 aliphatic carbocycles. The molecule has 0 bridgehead atoms. The van der Waals surface area contributed by atoms with Gasteiger partial charge in [0.15, 0.2) is 0 Å². The molecule has 0 aromatic rings. The molecule has 0 heterocycles. The number of carbonyl (C=O) groups is 5. The summed E-state index contributed by atoms with van der Waals surface area (Å²) in [6.07, 6.45) is 0.425. The summed E-state index contributed by atoms with van der Waals surface area (Å²) in [7, 11) is 0. The van der Waals surface area contributed by atoms with Crippen molar-refractivity contribution in [1.29, 1.82) is 0 Å². The first kappa shape index (κ1) is 27.3. The Hall–Kier alpha value is -2.69. The molecular formula is C19H35N5O6. The fourth-order valence-electron chi connectivity index (χ4n) is 2.65. The van der Waals surface area contributed by atoms with E-state index in [0.717, 1.165) is 0 Å². The first-order valence-corrected chi connectivity index (χ1v) is 9.97. The van der Waals surface area contributed by atoms with E-state index in [9.17, 15) is 29.1 Å². The average molecular weight is 430 g/mol. The largest absolute Gasteiger partial charge is 0.480 e. The third kappa shape index (κ3) is 9.68. The highest BCUT2D eigenvalue weighted by atomic mass is 16.4. The lowest BCUT2D eigenvalue weighted by Crippen LogP contribution is -2.57. The molecule has 0 aliphatic heterocycles. The number of hydrogen-bond acceptors (Lipinski definition) is 6. The zero-order chi connectivity index (χ0) is 23.6. The molecule has 0 fully saturated rings. The smallest absolute Gasteiger partial charge is 0.326 e. The maximum absolute atomic E-state index is 12.5. The molecular weight excluding hydrogens is 394 g/mol. The Balaban J connectivity index is 5.12. The number of carboxylic acids is 1. The predicted octanol–water partition coefficient (Wildman–Crippen LogP) is -1.16. The second-order valence-corrected chi connectivity index (χ2v) is 7.91. The quantitative estimate of drug-likeness (QED) is 0.212. The van der Waals surface area contributed by atoms with Crippen LogP contribution in [-0.2, 0) is 24.0 Å². The van der Waals surface area contributed by atoms with Gasteiger partial charge in [0.2, 0.25) is 23.6 Å². The predicted molar refractivity (Wildman–Crippen MR) is 110 cm³/mol. The average Bonchev–Trinajstić information content (AvgIpc) is 2.63. The number of rotatable bonds is 13. The Morgan fingerprint density at radius 2 is 1.47 bits per heavy atom. The summed E-state index contributed by atoms with van der Waals surface area (Å²) in [5.74, 6) is -4.33. The summed E-state index contributed by atoms with van der Waals surface area (Å²) in [6, 6.07) is -4.41. The zero-order valence-corrected chi connectivity index (χ0v) is 18.2. The van der Waals surface area contributed by atoms with Gasteiger partial charge in [-0.05, 0) is 25.2 Å². The van der Waals surface area contributed by atoms with E-state index in [1.807, 2.05) is 13.8 Å². The number of nitrogens with one attached hydrogen (secondary N) is 3. The summed E-state index contributed by atoms with van der Waals surface area (Å²) >= 11 is 0.